The van der Waals surface area contributed by atoms with Gasteiger partial charge in [0.2, 0.25) is 0 Å². The molecule has 7 heteroatoms. The number of carboxylic acid groups (broad SMARTS) is 1. The average Bonchev–Trinajstić information content (AvgIpc) is 3.15. The topological polar surface area (TPSA) is 64.4 Å². The molecule has 2 heterocycles. The molecule has 1 atom stereocenters. The third-order valence-electron chi connectivity index (χ3n) is 5.50. The molecule has 0 aliphatic carbocycles. The van der Waals surface area contributed by atoms with Gasteiger partial charge in [0.15, 0.2) is 6.10 Å². The summed E-state index contributed by atoms with van der Waals surface area (Å²) in [5.41, 5.74) is 2.15. The fourth-order valence-electron chi connectivity index (χ4n) is 4.10. The molecule has 4 rings (SSSR count). The van der Waals surface area contributed by atoms with E-state index in [1.165, 1.54) is 18.2 Å². The van der Waals surface area contributed by atoms with Gasteiger partial charge in [-0.3, -0.25) is 0 Å². The highest BCUT2D eigenvalue weighted by Crippen LogP contribution is 2.40. The lowest BCUT2D eigenvalue weighted by molar-refractivity contribution is -0.160. The van der Waals surface area contributed by atoms with Gasteiger partial charge in [0.25, 0.3) is 0 Å². The Kier molecular flexibility index (Phi) is 6.23. The quantitative estimate of drug-likeness (QED) is 0.365. The van der Waals surface area contributed by atoms with Crippen LogP contribution in [0.15, 0.2) is 60.8 Å². The Morgan fingerprint density at radius 2 is 1.76 bits per heavy atom. The number of hydrogen-bond acceptors (Lipinski definition) is 3. The zero-order valence-electron chi connectivity index (χ0n) is 19.5. The van der Waals surface area contributed by atoms with Crippen molar-refractivity contribution in [3.05, 3.63) is 89.2 Å². The van der Waals surface area contributed by atoms with Crippen molar-refractivity contribution in [2.75, 3.05) is 0 Å². The van der Waals surface area contributed by atoms with Crippen molar-refractivity contribution in [2.45, 2.75) is 45.9 Å². The zero-order chi connectivity index (χ0) is 24.6. The Hall–Kier alpha value is -3.58. The molecule has 2 aromatic heterocycles. The van der Waals surface area contributed by atoms with Crippen molar-refractivity contribution in [2.24, 2.45) is 0 Å². The number of halogens is 2. The van der Waals surface area contributed by atoms with Gasteiger partial charge in [-0.2, -0.15) is 0 Å². The predicted molar refractivity (Wildman–Crippen MR) is 127 cm³/mol. The monoisotopic (exact) mass is 464 g/mol. The molecule has 5 nitrogen and oxygen atoms in total. The van der Waals surface area contributed by atoms with Gasteiger partial charge in [-0.15, -0.1) is 0 Å². The number of nitrogens with zero attached hydrogens (tertiary/aromatic N) is 2. The summed E-state index contributed by atoms with van der Waals surface area (Å²) in [5.74, 6) is -1.97. The lowest BCUT2D eigenvalue weighted by Crippen LogP contribution is -2.28. The molecule has 0 aliphatic heterocycles. The van der Waals surface area contributed by atoms with Crippen molar-refractivity contribution in [1.29, 1.82) is 0 Å². The first-order valence-electron chi connectivity index (χ1n) is 10.9. The van der Waals surface area contributed by atoms with Gasteiger partial charge in [0.05, 0.1) is 5.60 Å². The predicted octanol–water partition coefficient (Wildman–Crippen LogP) is 6.28. The number of fused-ring (bicyclic) bond motifs is 1. The van der Waals surface area contributed by atoms with Gasteiger partial charge in [-0.25, -0.2) is 18.6 Å². The van der Waals surface area contributed by atoms with Crippen molar-refractivity contribution in [3.63, 3.8) is 0 Å². The molecule has 0 saturated heterocycles. The highest BCUT2D eigenvalue weighted by Gasteiger charge is 2.33. The molecule has 0 bridgehead atoms. The highest BCUT2D eigenvalue weighted by atomic mass is 19.1. The largest absolute Gasteiger partial charge is 0.479 e. The van der Waals surface area contributed by atoms with Crippen LogP contribution >= 0.6 is 0 Å². The summed E-state index contributed by atoms with van der Waals surface area (Å²) >= 11 is 0. The Balaban J connectivity index is 1.98. The van der Waals surface area contributed by atoms with Gasteiger partial charge in [-0.1, -0.05) is 30.3 Å². The Morgan fingerprint density at radius 3 is 2.38 bits per heavy atom. The minimum atomic E-state index is -1.34. The van der Waals surface area contributed by atoms with E-state index < -0.39 is 23.5 Å². The zero-order valence-corrected chi connectivity index (χ0v) is 19.5. The molecule has 34 heavy (non-hydrogen) atoms. The minimum absolute atomic E-state index is 0.274. The van der Waals surface area contributed by atoms with E-state index >= 15 is 4.39 Å². The van der Waals surface area contributed by atoms with Crippen LogP contribution in [0.3, 0.4) is 0 Å². The van der Waals surface area contributed by atoms with Gasteiger partial charge in [0.1, 0.15) is 17.3 Å². The second kappa shape index (κ2) is 8.99. The molecule has 176 valence electrons. The number of carbonyl (C=O) groups is 1. The molecule has 1 N–H and O–H groups in total. The maximum atomic E-state index is 15.1. The van der Waals surface area contributed by atoms with Crippen molar-refractivity contribution in [1.82, 2.24) is 9.55 Å². The first-order valence-corrected chi connectivity index (χ1v) is 10.9. The Labute approximate surface area is 196 Å². The summed E-state index contributed by atoms with van der Waals surface area (Å²) in [6.45, 7) is 7.44. The van der Waals surface area contributed by atoms with E-state index in [2.05, 4.69) is 0 Å². The molecule has 0 saturated carbocycles. The lowest BCUT2D eigenvalue weighted by atomic mass is 9.92. The number of benzene rings is 2. The molecule has 0 spiro atoms. The second-order valence-corrected chi connectivity index (χ2v) is 9.22. The van der Waals surface area contributed by atoms with Crippen LogP contribution in [0.25, 0.3) is 22.2 Å². The molecule has 0 fully saturated rings. The van der Waals surface area contributed by atoms with Gasteiger partial charge in [-0.05, 0) is 57.5 Å². The number of pyridine rings is 1. The number of aromatic nitrogens is 2. The second-order valence-electron chi connectivity index (χ2n) is 9.22. The van der Waals surface area contributed by atoms with Crippen molar-refractivity contribution < 1.29 is 23.4 Å². The van der Waals surface area contributed by atoms with Crippen LogP contribution < -0.4 is 0 Å². The van der Waals surface area contributed by atoms with E-state index in [1.807, 2.05) is 10.8 Å². The summed E-state index contributed by atoms with van der Waals surface area (Å²) in [6, 6.07) is 14.2. The smallest absolute Gasteiger partial charge is 0.337 e. The first-order chi connectivity index (χ1) is 16.0. The summed E-state index contributed by atoms with van der Waals surface area (Å²) in [6.07, 6.45) is 0.474. The van der Waals surface area contributed by atoms with Crippen LogP contribution in [0.2, 0.25) is 0 Å². The lowest BCUT2D eigenvalue weighted by Gasteiger charge is -2.28. The van der Waals surface area contributed by atoms with E-state index in [-0.39, 0.29) is 11.4 Å². The molecular weight excluding hydrogens is 438 g/mol. The molecular formula is C27H26F2N2O3. The number of rotatable bonds is 6. The van der Waals surface area contributed by atoms with E-state index in [4.69, 9.17) is 9.72 Å². The minimum Gasteiger partial charge on any atom is -0.479 e. The van der Waals surface area contributed by atoms with E-state index in [1.54, 1.807) is 64.1 Å². The summed E-state index contributed by atoms with van der Waals surface area (Å²) in [5, 5.41) is 10.7. The SMILES string of the molecule is Cc1nc2c(ccn2Cc2ccc(F)cc2)c(-c2ccccc2F)c1C(OC(C)(C)C)C(=O)O. The molecule has 1 unspecified atom stereocenters. The van der Waals surface area contributed by atoms with Gasteiger partial charge < -0.3 is 14.4 Å². The van der Waals surface area contributed by atoms with Crippen molar-refractivity contribution >= 4 is 17.0 Å². The van der Waals surface area contributed by atoms with Crippen LogP contribution in [-0.4, -0.2) is 26.2 Å². The third kappa shape index (κ3) is 4.70. The fourth-order valence-corrected chi connectivity index (χ4v) is 4.10. The molecule has 0 aliphatic rings. The standard InChI is InChI=1S/C27H26F2N2O3/c1-16-22(24(26(32)33)34-27(2,3)4)23(19-7-5-6-8-21(19)29)20-13-14-31(25(20)30-16)15-17-9-11-18(28)12-10-17/h5-14,24H,15H2,1-4H3,(H,32,33). The number of aliphatic carboxylic acids is 1. The number of hydrogen-bond donors (Lipinski definition) is 1. The normalized spacial score (nSPS) is 12.8. The molecule has 0 amide bonds. The van der Waals surface area contributed by atoms with Gasteiger partial charge >= 0.3 is 5.97 Å². The van der Waals surface area contributed by atoms with Crippen LogP contribution in [-0.2, 0) is 16.1 Å². The first kappa shape index (κ1) is 23.6. The Bertz CT molecular complexity index is 1360. The maximum absolute atomic E-state index is 15.1. The fraction of sp³-hybridized carbons (Fsp3) is 0.259. The third-order valence-corrected chi connectivity index (χ3v) is 5.50. The maximum Gasteiger partial charge on any atom is 0.337 e. The van der Waals surface area contributed by atoms with Crippen LogP contribution in [0, 0.1) is 18.6 Å². The summed E-state index contributed by atoms with van der Waals surface area (Å²) in [4.78, 5) is 17.0. The van der Waals surface area contributed by atoms with Crippen LogP contribution in [0.1, 0.15) is 43.7 Å². The van der Waals surface area contributed by atoms with E-state index in [0.29, 0.717) is 34.4 Å². The summed E-state index contributed by atoms with van der Waals surface area (Å²) < 4.78 is 36.2. The average molecular weight is 465 g/mol. The molecule has 4 aromatic rings. The van der Waals surface area contributed by atoms with Crippen LogP contribution in [0.4, 0.5) is 8.78 Å². The Morgan fingerprint density at radius 1 is 1.09 bits per heavy atom. The van der Waals surface area contributed by atoms with E-state index in [9.17, 15) is 14.3 Å². The molecule has 0 radical (unpaired) electrons. The van der Waals surface area contributed by atoms with E-state index in [0.717, 1.165) is 5.56 Å². The number of carboxylic acids is 1. The number of ether oxygens (including phenoxy) is 1. The van der Waals surface area contributed by atoms with Gasteiger partial charge in [0, 0.05) is 40.5 Å². The molecule has 2 aromatic carbocycles. The van der Waals surface area contributed by atoms with Crippen molar-refractivity contribution in [3.8, 4) is 11.1 Å². The highest BCUT2D eigenvalue weighted by molar-refractivity contribution is 5.98. The van der Waals surface area contributed by atoms with Crippen LogP contribution in [0.5, 0.6) is 0 Å². The number of aryl methyl sites for hydroxylation is 1. The summed E-state index contributed by atoms with van der Waals surface area (Å²) in [7, 11) is 0.